The van der Waals surface area contributed by atoms with Crippen molar-refractivity contribution in [1.29, 1.82) is 0 Å². The minimum atomic E-state index is -0.364. The molecule has 0 aliphatic carbocycles. The number of carbonyl (C=O) groups is 1. The molecule has 2 saturated heterocycles. The summed E-state index contributed by atoms with van der Waals surface area (Å²) in [5, 5.41) is 0. The van der Waals surface area contributed by atoms with Gasteiger partial charge in [-0.15, -0.1) is 0 Å². The third-order valence-corrected chi connectivity index (χ3v) is 3.87. The molecule has 2 atom stereocenters. The molecule has 0 aromatic rings. The van der Waals surface area contributed by atoms with Crippen LogP contribution in [0.4, 0.5) is 0 Å². The van der Waals surface area contributed by atoms with E-state index in [0.717, 1.165) is 45.3 Å². The molecule has 0 radical (unpaired) electrons. The Morgan fingerprint density at radius 2 is 2.11 bits per heavy atom. The topological polar surface area (TPSA) is 76.8 Å². The lowest BCUT2D eigenvalue weighted by molar-refractivity contribution is -0.132. The zero-order valence-corrected chi connectivity index (χ0v) is 10.9. The van der Waals surface area contributed by atoms with Crippen LogP contribution in [0.25, 0.3) is 0 Å². The van der Waals surface area contributed by atoms with Crippen LogP contribution in [0.5, 0.6) is 0 Å². The molecule has 0 bridgehead atoms. The first-order chi connectivity index (χ1) is 8.72. The summed E-state index contributed by atoms with van der Waals surface area (Å²) in [6, 6.07) is 0. The molecule has 0 saturated carbocycles. The Bertz CT molecular complexity index is 280. The van der Waals surface area contributed by atoms with Crippen molar-refractivity contribution in [3.63, 3.8) is 0 Å². The van der Waals surface area contributed by atoms with E-state index in [9.17, 15) is 4.79 Å². The molecule has 2 heterocycles. The summed E-state index contributed by atoms with van der Waals surface area (Å²) in [5.41, 5.74) is 2.15. The van der Waals surface area contributed by atoms with Crippen molar-refractivity contribution in [2.24, 2.45) is 5.84 Å². The Morgan fingerprint density at radius 1 is 1.39 bits per heavy atom. The summed E-state index contributed by atoms with van der Waals surface area (Å²) in [4.78, 5) is 13.7. The Balaban J connectivity index is 1.70. The molecule has 18 heavy (non-hydrogen) atoms. The Hall–Kier alpha value is -0.690. The standard InChI is InChI=1S/C12H23N3O3/c1-17-9-4-6-15(7-5-9)8-10-2-3-11(18-10)12(16)14-13/h9-11H,2-8,13H2,1H3,(H,14,16). The molecule has 2 aliphatic rings. The third-order valence-electron chi connectivity index (χ3n) is 3.87. The van der Waals surface area contributed by atoms with E-state index < -0.39 is 0 Å². The van der Waals surface area contributed by atoms with E-state index in [-0.39, 0.29) is 18.1 Å². The smallest absolute Gasteiger partial charge is 0.263 e. The monoisotopic (exact) mass is 257 g/mol. The SMILES string of the molecule is COC1CCN(CC2CCC(C(=O)NN)O2)CC1. The van der Waals surface area contributed by atoms with Crippen LogP contribution in [0.1, 0.15) is 25.7 Å². The fourth-order valence-electron chi connectivity index (χ4n) is 2.74. The lowest BCUT2D eigenvalue weighted by Crippen LogP contribution is -2.42. The maximum atomic E-state index is 11.3. The molecular weight excluding hydrogens is 234 g/mol. The number of nitrogens with two attached hydrogens (primary N) is 1. The Morgan fingerprint density at radius 3 is 2.72 bits per heavy atom. The van der Waals surface area contributed by atoms with Crippen LogP contribution in [-0.4, -0.2) is 55.9 Å². The second-order valence-electron chi connectivity index (χ2n) is 5.07. The molecule has 2 fully saturated rings. The van der Waals surface area contributed by atoms with Gasteiger partial charge in [0.15, 0.2) is 0 Å². The molecule has 3 N–H and O–H groups in total. The Labute approximate surface area is 108 Å². The van der Waals surface area contributed by atoms with Crippen LogP contribution in [0, 0.1) is 0 Å². The van der Waals surface area contributed by atoms with E-state index in [2.05, 4.69) is 10.3 Å². The maximum absolute atomic E-state index is 11.3. The van der Waals surface area contributed by atoms with E-state index in [1.165, 1.54) is 0 Å². The number of hydrogen-bond donors (Lipinski definition) is 2. The molecule has 0 aromatic heterocycles. The van der Waals surface area contributed by atoms with Gasteiger partial charge in [-0.05, 0) is 25.7 Å². The van der Waals surface area contributed by atoms with E-state index >= 15 is 0 Å². The van der Waals surface area contributed by atoms with Crippen LogP contribution in [0.2, 0.25) is 0 Å². The molecular formula is C12H23N3O3. The number of hydrazine groups is 1. The zero-order chi connectivity index (χ0) is 13.0. The van der Waals surface area contributed by atoms with Gasteiger partial charge in [0.2, 0.25) is 0 Å². The van der Waals surface area contributed by atoms with Crippen LogP contribution in [0.3, 0.4) is 0 Å². The average Bonchev–Trinajstić information content (AvgIpc) is 2.87. The molecule has 2 rings (SSSR count). The normalized spacial score (nSPS) is 30.6. The number of hydrogen-bond acceptors (Lipinski definition) is 5. The highest BCUT2D eigenvalue weighted by molar-refractivity contribution is 5.80. The molecule has 6 heteroatoms. The highest BCUT2D eigenvalue weighted by atomic mass is 16.5. The van der Waals surface area contributed by atoms with E-state index in [0.29, 0.717) is 6.10 Å². The first-order valence-corrected chi connectivity index (χ1v) is 6.64. The molecule has 0 spiro atoms. The number of rotatable bonds is 4. The van der Waals surface area contributed by atoms with Crippen molar-refractivity contribution >= 4 is 5.91 Å². The van der Waals surface area contributed by atoms with Gasteiger partial charge in [0.25, 0.3) is 5.91 Å². The lowest BCUT2D eigenvalue weighted by Gasteiger charge is -2.32. The maximum Gasteiger partial charge on any atom is 0.263 e. The molecule has 1 amide bonds. The number of ether oxygens (including phenoxy) is 2. The second kappa shape index (κ2) is 6.47. The molecule has 104 valence electrons. The van der Waals surface area contributed by atoms with E-state index in [4.69, 9.17) is 15.3 Å². The minimum absolute atomic E-state index is 0.159. The number of likely N-dealkylation sites (tertiary alicyclic amines) is 1. The Kier molecular flexibility index (Phi) is 4.94. The predicted octanol–water partition coefficient (Wildman–Crippen LogP) is -0.365. The highest BCUT2D eigenvalue weighted by Gasteiger charge is 2.32. The van der Waals surface area contributed by atoms with Gasteiger partial charge in [0.1, 0.15) is 6.10 Å². The van der Waals surface area contributed by atoms with Gasteiger partial charge < -0.3 is 14.4 Å². The molecule has 2 aliphatic heterocycles. The second-order valence-corrected chi connectivity index (χ2v) is 5.07. The quantitative estimate of drug-likeness (QED) is 0.408. The summed E-state index contributed by atoms with van der Waals surface area (Å²) in [6.07, 6.45) is 4.06. The van der Waals surface area contributed by atoms with Crippen LogP contribution in [-0.2, 0) is 14.3 Å². The van der Waals surface area contributed by atoms with Crippen LogP contribution >= 0.6 is 0 Å². The molecule has 2 unspecified atom stereocenters. The largest absolute Gasteiger partial charge is 0.381 e. The summed E-state index contributed by atoms with van der Waals surface area (Å²) in [6.45, 7) is 3.00. The summed E-state index contributed by atoms with van der Waals surface area (Å²) in [5.74, 6) is 4.90. The third kappa shape index (κ3) is 3.41. The fraction of sp³-hybridized carbons (Fsp3) is 0.917. The van der Waals surface area contributed by atoms with Crippen molar-refractivity contribution in [2.75, 3.05) is 26.7 Å². The predicted molar refractivity (Wildman–Crippen MR) is 66.7 cm³/mol. The highest BCUT2D eigenvalue weighted by Crippen LogP contribution is 2.22. The number of piperidine rings is 1. The van der Waals surface area contributed by atoms with Crippen LogP contribution < -0.4 is 11.3 Å². The zero-order valence-electron chi connectivity index (χ0n) is 10.9. The van der Waals surface area contributed by atoms with Gasteiger partial charge in [0.05, 0.1) is 12.2 Å². The van der Waals surface area contributed by atoms with Crippen molar-refractivity contribution in [3.05, 3.63) is 0 Å². The average molecular weight is 257 g/mol. The minimum Gasteiger partial charge on any atom is -0.381 e. The van der Waals surface area contributed by atoms with Gasteiger partial charge in [-0.3, -0.25) is 10.2 Å². The number of carbonyl (C=O) groups excluding carboxylic acids is 1. The van der Waals surface area contributed by atoms with E-state index in [1.807, 2.05) is 0 Å². The van der Waals surface area contributed by atoms with Gasteiger partial charge in [-0.1, -0.05) is 0 Å². The van der Waals surface area contributed by atoms with Crippen LogP contribution in [0.15, 0.2) is 0 Å². The number of nitrogens with one attached hydrogen (secondary N) is 1. The number of nitrogens with zero attached hydrogens (tertiary/aromatic N) is 1. The van der Waals surface area contributed by atoms with Gasteiger partial charge in [-0.2, -0.15) is 0 Å². The number of methoxy groups -OCH3 is 1. The number of amides is 1. The first kappa shape index (κ1) is 13.7. The summed E-state index contributed by atoms with van der Waals surface area (Å²) in [7, 11) is 1.77. The van der Waals surface area contributed by atoms with Crippen molar-refractivity contribution in [3.8, 4) is 0 Å². The molecule has 6 nitrogen and oxygen atoms in total. The van der Waals surface area contributed by atoms with Gasteiger partial charge in [0, 0.05) is 26.7 Å². The molecule has 0 aromatic carbocycles. The lowest BCUT2D eigenvalue weighted by atomic mass is 10.1. The first-order valence-electron chi connectivity index (χ1n) is 6.64. The van der Waals surface area contributed by atoms with E-state index in [1.54, 1.807) is 7.11 Å². The fourth-order valence-corrected chi connectivity index (χ4v) is 2.74. The van der Waals surface area contributed by atoms with Crippen molar-refractivity contribution in [1.82, 2.24) is 10.3 Å². The van der Waals surface area contributed by atoms with Gasteiger partial charge >= 0.3 is 0 Å². The summed E-state index contributed by atoms with van der Waals surface area (Å²) < 4.78 is 11.1. The van der Waals surface area contributed by atoms with Crippen molar-refractivity contribution in [2.45, 2.75) is 44.0 Å². The van der Waals surface area contributed by atoms with Gasteiger partial charge in [-0.25, -0.2) is 5.84 Å². The van der Waals surface area contributed by atoms with Crippen molar-refractivity contribution < 1.29 is 14.3 Å². The summed E-state index contributed by atoms with van der Waals surface area (Å²) >= 11 is 0.